The fourth-order valence-corrected chi connectivity index (χ4v) is 4.93. The number of ether oxygens (including phenoxy) is 2. The minimum Gasteiger partial charge on any atom is -0.347 e. The monoisotopic (exact) mass is 448 g/mol. The van der Waals surface area contributed by atoms with Crippen molar-refractivity contribution in [2.24, 2.45) is 10.9 Å². The van der Waals surface area contributed by atoms with Gasteiger partial charge in [-0.2, -0.15) is 5.10 Å². The minimum atomic E-state index is -0.523. The van der Waals surface area contributed by atoms with Gasteiger partial charge in [-0.1, -0.05) is 29.3 Å². The van der Waals surface area contributed by atoms with Crippen molar-refractivity contribution in [2.45, 2.75) is 31.6 Å². The van der Waals surface area contributed by atoms with Gasteiger partial charge in [0.2, 0.25) is 5.91 Å². The molecule has 7 nitrogen and oxygen atoms in total. The summed E-state index contributed by atoms with van der Waals surface area (Å²) in [6.45, 7) is 4.30. The van der Waals surface area contributed by atoms with Crippen molar-refractivity contribution >= 4 is 40.6 Å². The maximum absolute atomic E-state index is 13.7. The van der Waals surface area contributed by atoms with Crippen LogP contribution in [0.25, 0.3) is 0 Å². The van der Waals surface area contributed by atoms with Crippen molar-refractivity contribution in [3.05, 3.63) is 46.1 Å². The number of carbonyl (C=O) groups excluding carboxylic acids is 1. The van der Waals surface area contributed by atoms with E-state index in [-0.39, 0.29) is 11.9 Å². The average molecular weight is 449 g/mol. The second-order valence-corrected chi connectivity index (χ2v) is 8.73. The highest BCUT2D eigenvalue weighted by Crippen LogP contribution is 2.40. The molecule has 3 aliphatic heterocycles. The lowest BCUT2D eigenvalue weighted by Gasteiger charge is -2.40. The van der Waals surface area contributed by atoms with Crippen LogP contribution in [-0.4, -0.2) is 58.4 Å². The topological polar surface area (TPSA) is 69.0 Å². The lowest BCUT2D eigenvalue weighted by molar-refractivity contribution is -0.188. The second-order valence-electron chi connectivity index (χ2n) is 7.92. The number of fused-ring (bicyclic) bond motifs is 1. The molecule has 2 unspecified atom stereocenters. The maximum atomic E-state index is 13.7. The van der Waals surface area contributed by atoms with Crippen LogP contribution >= 0.6 is 23.2 Å². The van der Waals surface area contributed by atoms with Gasteiger partial charge < -0.3 is 14.4 Å². The third-order valence-corrected chi connectivity index (χ3v) is 6.91. The molecule has 30 heavy (non-hydrogen) atoms. The molecule has 2 fully saturated rings. The zero-order valence-corrected chi connectivity index (χ0v) is 18.1. The molecule has 2 atom stereocenters. The highest BCUT2D eigenvalue weighted by Gasteiger charge is 2.45. The Bertz CT molecular complexity index is 1010. The molecule has 9 heteroatoms. The zero-order valence-electron chi connectivity index (χ0n) is 16.6. The van der Waals surface area contributed by atoms with E-state index in [4.69, 9.17) is 32.7 Å². The molecule has 4 heterocycles. The number of hydrogen-bond donors (Lipinski definition) is 0. The standard InChI is InChI=1S/C21H22Cl2N4O3/c1-13-18(20(28)26-8-5-21(6-9-26)29-10-11-30-21)19(27-17(25-13)4-7-24-27)14-2-3-15(22)16(23)12-14/h2-4,7,12,18-19H,5-6,8-11H2,1H3. The molecule has 1 amide bonds. The summed E-state index contributed by atoms with van der Waals surface area (Å²) in [6, 6.07) is 6.96. The second kappa shape index (κ2) is 7.64. The van der Waals surface area contributed by atoms with Gasteiger partial charge in [0.15, 0.2) is 11.6 Å². The van der Waals surface area contributed by atoms with Crippen molar-refractivity contribution in [1.29, 1.82) is 0 Å². The van der Waals surface area contributed by atoms with Gasteiger partial charge in [0.1, 0.15) is 5.92 Å². The van der Waals surface area contributed by atoms with E-state index in [2.05, 4.69) is 10.1 Å². The van der Waals surface area contributed by atoms with Gasteiger partial charge >= 0.3 is 0 Å². The van der Waals surface area contributed by atoms with Crippen molar-refractivity contribution in [1.82, 2.24) is 14.7 Å². The highest BCUT2D eigenvalue weighted by molar-refractivity contribution is 6.42. The van der Waals surface area contributed by atoms with Crippen LogP contribution in [0.2, 0.25) is 10.0 Å². The summed E-state index contributed by atoms with van der Waals surface area (Å²) in [4.78, 5) is 20.2. The van der Waals surface area contributed by atoms with Gasteiger partial charge in [0.05, 0.1) is 35.5 Å². The summed E-state index contributed by atoms with van der Waals surface area (Å²) >= 11 is 12.4. The molecular weight excluding hydrogens is 427 g/mol. The van der Waals surface area contributed by atoms with E-state index in [0.29, 0.717) is 49.2 Å². The predicted octanol–water partition coefficient (Wildman–Crippen LogP) is 3.87. The third kappa shape index (κ3) is 3.34. The van der Waals surface area contributed by atoms with E-state index in [0.717, 1.165) is 17.1 Å². The lowest BCUT2D eigenvalue weighted by Crippen LogP contribution is -2.51. The maximum Gasteiger partial charge on any atom is 0.233 e. The fraction of sp³-hybridized carbons (Fsp3) is 0.476. The molecule has 2 saturated heterocycles. The molecule has 1 aromatic heterocycles. The summed E-state index contributed by atoms with van der Waals surface area (Å²) in [7, 11) is 0. The van der Waals surface area contributed by atoms with E-state index in [1.807, 2.05) is 30.0 Å². The summed E-state index contributed by atoms with van der Waals surface area (Å²) < 4.78 is 13.4. The predicted molar refractivity (Wildman–Crippen MR) is 114 cm³/mol. The molecule has 0 bridgehead atoms. The number of halogens is 2. The lowest BCUT2D eigenvalue weighted by atomic mass is 9.86. The first-order valence-electron chi connectivity index (χ1n) is 10.1. The number of aliphatic imine (C=N–C) groups is 1. The van der Waals surface area contributed by atoms with E-state index in [1.165, 1.54) is 0 Å². The quantitative estimate of drug-likeness (QED) is 0.698. The number of likely N-dealkylation sites (tertiary alicyclic amines) is 1. The summed E-state index contributed by atoms with van der Waals surface area (Å²) in [5.41, 5.74) is 1.63. The zero-order chi connectivity index (χ0) is 20.9. The number of hydrogen-bond acceptors (Lipinski definition) is 5. The van der Waals surface area contributed by atoms with E-state index in [9.17, 15) is 4.79 Å². The number of rotatable bonds is 2. The Kier molecular flexibility index (Phi) is 5.09. The Hall–Kier alpha value is -1.93. The van der Waals surface area contributed by atoms with Gasteiger partial charge in [-0.25, -0.2) is 9.67 Å². The number of piperidine rings is 1. The first-order chi connectivity index (χ1) is 14.5. The van der Waals surface area contributed by atoms with Crippen molar-refractivity contribution < 1.29 is 14.3 Å². The molecule has 3 aliphatic rings. The molecule has 2 aromatic rings. The Balaban J connectivity index is 1.47. The van der Waals surface area contributed by atoms with Gasteiger partial charge in [0.25, 0.3) is 0 Å². The first kappa shape index (κ1) is 20.0. The minimum absolute atomic E-state index is 0.0290. The molecule has 1 aromatic carbocycles. The van der Waals surface area contributed by atoms with Crippen LogP contribution in [0.15, 0.2) is 35.5 Å². The van der Waals surface area contributed by atoms with Gasteiger partial charge in [-0.3, -0.25) is 4.79 Å². The SMILES string of the molecule is CC1=Nc2ccnn2C(c2ccc(Cl)c(Cl)c2)C1C(=O)N1CCC2(CC1)OCCO2. The highest BCUT2D eigenvalue weighted by atomic mass is 35.5. The molecule has 0 saturated carbocycles. The van der Waals surface area contributed by atoms with Crippen LogP contribution in [-0.2, 0) is 14.3 Å². The number of amides is 1. The van der Waals surface area contributed by atoms with Crippen LogP contribution in [0, 0.1) is 5.92 Å². The normalized spacial score (nSPS) is 25.3. The summed E-state index contributed by atoms with van der Waals surface area (Å²) in [6.07, 6.45) is 3.04. The van der Waals surface area contributed by atoms with Crippen molar-refractivity contribution in [2.75, 3.05) is 26.3 Å². The summed E-state index contributed by atoms with van der Waals surface area (Å²) in [5, 5.41) is 5.38. The number of nitrogens with zero attached hydrogens (tertiary/aromatic N) is 4. The Morgan fingerprint density at radius 1 is 1.13 bits per heavy atom. The van der Waals surface area contributed by atoms with Crippen LogP contribution in [0.3, 0.4) is 0 Å². The Morgan fingerprint density at radius 2 is 1.87 bits per heavy atom. The van der Waals surface area contributed by atoms with E-state index < -0.39 is 11.7 Å². The van der Waals surface area contributed by atoms with Crippen LogP contribution < -0.4 is 0 Å². The third-order valence-electron chi connectivity index (χ3n) is 6.17. The number of carbonyl (C=O) groups is 1. The average Bonchev–Trinajstić information content (AvgIpc) is 3.39. The molecule has 0 radical (unpaired) electrons. The molecule has 0 N–H and O–H groups in total. The first-order valence-corrected chi connectivity index (χ1v) is 10.8. The van der Waals surface area contributed by atoms with Crippen LogP contribution in [0.1, 0.15) is 31.4 Å². The van der Waals surface area contributed by atoms with Gasteiger partial charge in [-0.15, -0.1) is 0 Å². The molecule has 1 spiro atoms. The smallest absolute Gasteiger partial charge is 0.233 e. The van der Waals surface area contributed by atoms with Crippen molar-refractivity contribution in [3.8, 4) is 0 Å². The fourth-order valence-electron chi connectivity index (χ4n) is 4.62. The summed E-state index contributed by atoms with van der Waals surface area (Å²) in [5.74, 6) is -0.251. The Labute approximate surface area is 184 Å². The van der Waals surface area contributed by atoms with Gasteiger partial charge in [-0.05, 0) is 24.6 Å². The molecular formula is C21H22Cl2N4O3. The largest absolute Gasteiger partial charge is 0.347 e. The van der Waals surface area contributed by atoms with Crippen molar-refractivity contribution in [3.63, 3.8) is 0 Å². The van der Waals surface area contributed by atoms with Crippen LogP contribution in [0.4, 0.5) is 5.82 Å². The van der Waals surface area contributed by atoms with E-state index in [1.54, 1.807) is 16.9 Å². The Morgan fingerprint density at radius 3 is 2.57 bits per heavy atom. The van der Waals surface area contributed by atoms with Crippen LogP contribution in [0.5, 0.6) is 0 Å². The number of aromatic nitrogens is 2. The van der Waals surface area contributed by atoms with Gasteiger partial charge in [0, 0.05) is 37.7 Å². The molecule has 5 rings (SSSR count). The number of benzene rings is 1. The molecule has 0 aliphatic carbocycles. The van der Waals surface area contributed by atoms with E-state index >= 15 is 0 Å². The molecule has 158 valence electrons.